The first-order chi connectivity index (χ1) is 7.68. The van der Waals surface area contributed by atoms with E-state index in [1.807, 2.05) is 0 Å². The summed E-state index contributed by atoms with van der Waals surface area (Å²) in [7, 11) is 0. The molecule has 0 aliphatic carbocycles. The lowest BCUT2D eigenvalue weighted by molar-refractivity contribution is 0.103. The summed E-state index contributed by atoms with van der Waals surface area (Å²) in [6.45, 7) is 0. The van der Waals surface area contributed by atoms with Crippen LogP contribution in [0.4, 0.5) is 11.4 Å². The molecule has 2 rings (SSSR count). The van der Waals surface area contributed by atoms with Crippen molar-refractivity contribution in [1.82, 2.24) is 4.98 Å². The van der Waals surface area contributed by atoms with Crippen molar-refractivity contribution in [2.75, 3.05) is 11.5 Å². The fraction of sp³-hybridized carbons (Fsp3) is 0. The first-order valence-corrected chi connectivity index (χ1v) is 4.79. The molecule has 0 amide bonds. The third-order valence-corrected chi connectivity index (χ3v) is 2.25. The van der Waals surface area contributed by atoms with Crippen LogP contribution in [-0.4, -0.2) is 10.8 Å². The van der Waals surface area contributed by atoms with Crippen LogP contribution >= 0.6 is 0 Å². The standard InChI is InChI=1S/C12H11N3O/c13-9-5-4-8(7-10(9)14)12(16)11-3-1-2-6-15-11/h1-7H,13-14H2. The second-order valence-corrected chi connectivity index (χ2v) is 3.39. The number of pyridine rings is 1. The highest BCUT2D eigenvalue weighted by atomic mass is 16.1. The molecule has 1 heterocycles. The topological polar surface area (TPSA) is 82.0 Å². The number of hydrogen-bond donors (Lipinski definition) is 2. The van der Waals surface area contributed by atoms with Gasteiger partial charge in [-0.1, -0.05) is 6.07 Å². The van der Waals surface area contributed by atoms with Crippen molar-refractivity contribution < 1.29 is 4.79 Å². The van der Waals surface area contributed by atoms with Crippen LogP contribution in [0, 0.1) is 0 Å². The highest BCUT2D eigenvalue weighted by molar-refractivity contribution is 6.08. The second-order valence-electron chi connectivity index (χ2n) is 3.39. The summed E-state index contributed by atoms with van der Waals surface area (Å²) in [6.07, 6.45) is 1.58. The van der Waals surface area contributed by atoms with Crippen molar-refractivity contribution >= 4 is 17.2 Å². The molecule has 0 unspecified atom stereocenters. The van der Waals surface area contributed by atoms with Gasteiger partial charge < -0.3 is 11.5 Å². The van der Waals surface area contributed by atoms with E-state index in [2.05, 4.69) is 4.98 Å². The lowest BCUT2D eigenvalue weighted by Gasteiger charge is -2.03. The Morgan fingerprint density at radius 3 is 2.50 bits per heavy atom. The molecule has 80 valence electrons. The van der Waals surface area contributed by atoms with Gasteiger partial charge in [-0.15, -0.1) is 0 Å². The van der Waals surface area contributed by atoms with E-state index in [4.69, 9.17) is 11.5 Å². The molecule has 4 nitrogen and oxygen atoms in total. The van der Waals surface area contributed by atoms with Gasteiger partial charge in [-0.25, -0.2) is 0 Å². The Labute approximate surface area is 92.9 Å². The van der Waals surface area contributed by atoms with Crippen LogP contribution in [0.1, 0.15) is 16.1 Å². The molecule has 4 heteroatoms. The summed E-state index contributed by atoms with van der Waals surface area (Å²) in [5.74, 6) is -0.160. The maximum atomic E-state index is 12.0. The molecule has 1 aromatic heterocycles. The molecule has 0 saturated heterocycles. The fourth-order valence-corrected chi connectivity index (χ4v) is 1.36. The lowest BCUT2D eigenvalue weighted by atomic mass is 10.1. The summed E-state index contributed by atoms with van der Waals surface area (Å²) in [4.78, 5) is 15.9. The van der Waals surface area contributed by atoms with E-state index in [0.29, 0.717) is 22.6 Å². The Morgan fingerprint density at radius 2 is 1.88 bits per heavy atom. The van der Waals surface area contributed by atoms with Crippen molar-refractivity contribution in [2.45, 2.75) is 0 Å². The zero-order valence-corrected chi connectivity index (χ0v) is 8.55. The van der Waals surface area contributed by atoms with E-state index in [1.165, 1.54) is 0 Å². The Kier molecular flexibility index (Phi) is 2.55. The van der Waals surface area contributed by atoms with E-state index in [9.17, 15) is 4.79 Å². The van der Waals surface area contributed by atoms with Gasteiger partial charge in [0, 0.05) is 11.8 Å². The van der Waals surface area contributed by atoms with Crippen LogP contribution in [0.3, 0.4) is 0 Å². The van der Waals surface area contributed by atoms with Gasteiger partial charge in [-0.2, -0.15) is 0 Å². The quantitative estimate of drug-likeness (QED) is 0.584. The van der Waals surface area contributed by atoms with Gasteiger partial charge in [0.15, 0.2) is 0 Å². The van der Waals surface area contributed by atoms with Crippen LogP contribution in [0.5, 0.6) is 0 Å². The molecule has 0 fully saturated rings. The predicted octanol–water partition coefficient (Wildman–Crippen LogP) is 1.48. The maximum Gasteiger partial charge on any atom is 0.211 e. The van der Waals surface area contributed by atoms with E-state index < -0.39 is 0 Å². The Morgan fingerprint density at radius 1 is 1.06 bits per heavy atom. The highest BCUT2D eigenvalue weighted by Gasteiger charge is 2.10. The number of carbonyl (C=O) groups excluding carboxylic acids is 1. The molecule has 4 N–H and O–H groups in total. The van der Waals surface area contributed by atoms with Crippen molar-refractivity contribution in [3.8, 4) is 0 Å². The molecule has 0 radical (unpaired) electrons. The van der Waals surface area contributed by atoms with Crippen LogP contribution in [0.25, 0.3) is 0 Å². The third-order valence-electron chi connectivity index (χ3n) is 2.25. The molecule has 2 aromatic rings. The molecule has 0 aliphatic rings. The Hall–Kier alpha value is -2.36. The van der Waals surface area contributed by atoms with Gasteiger partial charge in [0.25, 0.3) is 0 Å². The lowest BCUT2D eigenvalue weighted by Crippen LogP contribution is -2.05. The zero-order valence-electron chi connectivity index (χ0n) is 8.55. The van der Waals surface area contributed by atoms with Crippen LogP contribution in [0.15, 0.2) is 42.6 Å². The normalized spacial score (nSPS) is 10.0. The minimum absolute atomic E-state index is 0.160. The average Bonchev–Trinajstić information content (AvgIpc) is 2.33. The number of hydrogen-bond acceptors (Lipinski definition) is 4. The molecule has 1 aromatic carbocycles. The van der Waals surface area contributed by atoms with Gasteiger partial charge in [0.2, 0.25) is 5.78 Å². The first kappa shape index (κ1) is 10.2. The summed E-state index contributed by atoms with van der Waals surface area (Å²) in [6, 6.07) is 10.0. The minimum Gasteiger partial charge on any atom is -0.397 e. The molecular formula is C12H11N3O. The SMILES string of the molecule is Nc1ccc(C(=O)c2ccccn2)cc1N. The Balaban J connectivity index is 2.39. The molecule has 0 spiro atoms. The molecule has 0 aliphatic heterocycles. The van der Waals surface area contributed by atoms with Gasteiger partial charge in [0.1, 0.15) is 5.69 Å². The number of nitrogens with two attached hydrogens (primary N) is 2. The number of rotatable bonds is 2. The Bertz CT molecular complexity index is 523. The number of nitrogen functional groups attached to an aromatic ring is 2. The summed E-state index contributed by atoms with van der Waals surface area (Å²) in [5.41, 5.74) is 13.0. The predicted molar refractivity (Wildman–Crippen MR) is 62.9 cm³/mol. The van der Waals surface area contributed by atoms with Crippen molar-refractivity contribution in [1.29, 1.82) is 0 Å². The van der Waals surface area contributed by atoms with Crippen LogP contribution in [0.2, 0.25) is 0 Å². The van der Waals surface area contributed by atoms with E-state index in [0.717, 1.165) is 0 Å². The average molecular weight is 213 g/mol. The minimum atomic E-state index is -0.160. The number of aromatic nitrogens is 1. The van der Waals surface area contributed by atoms with E-state index in [1.54, 1.807) is 42.6 Å². The van der Waals surface area contributed by atoms with Crippen LogP contribution in [-0.2, 0) is 0 Å². The molecule has 0 bridgehead atoms. The first-order valence-electron chi connectivity index (χ1n) is 4.79. The maximum absolute atomic E-state index is 12.0. The zero-order chi connectivity index (χ0) is 11.5. The summed E-state index contributed by atoms with van der Waals surface area (Å²) in [5, 5.41) is 0. The van der Waals surface area contributed by atoms with E-state index >= 15 is 0 Å². The number of benzene rings is 1. The number of ketones is 1. The number of nitrogens with zero attached hydrogens (tertiary/aromatic N) is 1. The second kappa shape index (κ2) is 4.02. The van der Waals surface area contributed by atoms with Gasteiger partial charge in [0.05, 0.1) is 11.4 Å². The van der Waals surface area contributed by atoms with Crippen molar-refractivity contribution in [3.63, 3.8) is 0 Å². The van der Waals surface area contributed by atoms with Crippen molar-refractivity contribution in [2.24, 2.45) is 0 Å². The number of carbonyl (C=O) groups is 1. The third kappa shape index (κ3) is 1.86. The highest BCUT2D eigenvalue weighted by Crippen LogP contribution is 2.17. The molecule has 0 atom stereocenters. The molecular weight excluding hydrogens is 202 g/mol. The van der Waals surface area contributed by atoms with Crippen LogP contribution < -0.4 is 11.5 Å². The number of anilines is 2. The smallest absolute Gasteiger partial charge is 0.211 e. The molecule has 16 heavy (non-hydrogen) atoms. The van der Waals surface area contributed by atoms with Gasteiger partial charge in [-0.05, 0) is 30.3 Å². The van der Waals surface area contributed by atoms with Crippen molar-refractivity contribution in [3.05, 3.63) is 53.9 Å². The largest absolute Gasteiger partial charge is 0.397 e. The van der Waals surface area contributed by atoms with Gasteiger partial charge in [-0.3, -0.25) is 9.78 Å². The van der Waals surface area contributed by atoms with E-state index in [-0.39, 0.29) is 5.78 Å². The monoisotopic (exact) mass is 213 g/mol. The summed E-state index contributed by atoms with van der Waals surface area (Å²) >= 11 is 0. The summed E-state index contributed by atoms with van der Waals surface area (Å²) < 4.78 is 0. The molecule has 0 saturated carbocycles. The fourth-order valence-electron chi connectivity index (χ4n) is 1.36. The van der Waals surface area contributed by atoms with Gasteiger partial charge >= 0.3 is 0 Å².